The summed E-state index contributed by atoms with van der Waals surface area (Å²) in [7, 11) is 0. The third-order valence-corrected chi connectivity index (χ3v) is 4.00. The maximum Gasteiger partial charge on any atom is 0.443 e. The predicted molar refractivity (Wildman–Crippen MR) is 56.1 cm³/mol. The molecule has 0 aliphatic heterocycles. The molecule has 0 spiro atoms. The first-order chi connectivity index (χ1) is 7.19. The number of nitrogens with zero attached hydrogens (tertiary/aromatic N) is 1. The van der Waals surface area contributed by atoms with Crippen LogP contribution in [0.15, 0.2) is 0 Å². The van der Waals surface area contributed by atoms with Gasteiger partial charge in [-0.15, -0.1) is 11.3 Å². The molecular formula is C10H13F3N2S. The third kappa shape index (κ3) is 2.08. The van der Waals surface area contributed by atoms with E-state index in [0.717, 1.165) is 0 Å². The van der Waals surface area contributed by atoms with E-state index >= 15 is 0 Å². The Balaban J connectivity index is 2.42. The summed E-state index contributed by atoms with van der Waals surface area (Å²) in [6.45, 7) is 4.00. The summed E-state index contributed by atoms with van der Waals surface area (Å²) in [5.41, 5.74) is 6.34. The molecule has 1 aromatic heterocycles. The van der Waals surface area contributed by atoms with Crippen LogP contribution in [0.25, 0.3) is 0 Å². The van der Waals surface area contributed by atoms with E-state index in [4.69, 9.17) is 5.73 Å². The molecule has 0 radical (unpaired) electrons. The van der Waals surface area contributed by atoms with Gasteiger partial charge in [-0.2, -0.15) is 13.2 Å². The highest BCUT2D eigenvalue weighted by Gasteiger charge is 2.40. The Morgan fingerprint density at radius 2 is 2.06 bits per heavy atom. The van der Waals surface area contributed by atoms with Gasteiger partial charge in [0.2, 0.25) is 0 Å². The third-order valence-electron chi connectivity index (χ3n) is 2.73. The van der Waals surface area contributed by atoms with Crippen LogP contribution in [-0.2, 0) is 12.6 Å². The van der Waals surface area contributed by atoms with Gasteiger partial charge in [0.1, 0.15) is 0 Å². The standard InChI is InChI=1S/C10H13F3N2S/c1-9(2)3-5(14)7-6(4-9)15-8(16-7)10(11,12)13/h5H,3-4,14H2,1-2H3. The molecule has 1 unspecified atom stereocenters. The van der Waals surface area contributed by atoms with Crippen molar-refractivity contribution in [2.75, 3.05) is 0 Å². The summed E-state index contributed by atoms with van der Waals surface area (Å²) in [5, 5.41) is -0.773. The number of alkyl halides is 3. The molecule has 6 heteroatoms. The van der Waals surface area contributed by atoms with Gasteiger partial charge in [0.05, 0.1) is 5.69 Å². The SMILES string of the molecule is CC1(C)Cc2nc(C(F)(F)F)sc2C(N)C1. The molecule has 0 fully saturated rings. The van der Waals surface area contributed by atoms with E-state index in [2.05, 4.69) is 4.98 Å². The molecule has 1 aliphatic carbocycles. The number of halogens is 3. The molecule has 0 saturated carbocycles. The molecule has 90 valence electrons. The Morgan fingerprint density at radius 3 is 2.62 bits per heavy atom. The molecule has 2 N–H and O–H groups in total. The van der Waals surface area contributed by atoms with E-state index < -0.39 is 11.2 Å². The smallest absolute Gasteiger partial charge is 0.323 e. The molecule has 1 atom stereocenters. The number of nitrogens with two attached hydrogens (primary N) is 1. The fourth-order valence-corrected chi connectivity index (χ4v) is 3.06. The average molecular weight is 250 g/mol. The average Bonchev–Trinajstić information content (AvgIpc) is 2.44. The van der Waals surface area contributed by atoms with E-state index in [1.54, 1.807) is 0 Å². The number of hydrogen-bond donors (Lipinski definition) is 1. The van der Waals surface area contributed by atoms with Crippen LogP contribution in [0.2, 0.25) is 0 Å². The van der Waals surface area contributed by atoms with Gasteiger partial charge in [-0.3, -0.25) is 0 Å². The van der Waals surface area contributed by atoms with Gasteiger partial charge in [0.25, 0.3) is 0 Å². The minimum atomic E-state index is -4.36. The molecule has 0 saturated heterocycles. The van der Waals surface area contributed by atoms with E-state index in [9.17, 15) is 13.2 Å². The van der Waals surface area contributed by atoms with Crippen molar-refractivity contribution in [3.05, 3.63) is 15.6 Å². The summed E-state index contributed by atoms with van der Waals surface area (Å²) in [6.07, 6.45) is -3.08. The summed E-state index contributed by atoms with van der Waals surface area (Å²) in [6, 6.07) is -0.313. The summed E-state index contributed by atoms with van der Waals surface area (Å²) >= 11 is 0.690. The van der Waals surface area contributed by atoms with E-state index in [0.29, 0.717) is 34.7 Å². The molecule has 1 aliphatic rings. The molecule has 0 bridgehead atoms. The fourth-order valence-electron chi connectivity index (χ4n) is 2.11. The Labute approximate surface area is 95.7 Å². The maximum absolute atomic E-state index is 12.5. The molecule has 0 aromatic carbocycles. The van der Waals surface area contributed by atoms with Crippen LogP contribution >= 0.6 is 11.3 Å². The summed E-state index contributed by atoms with van der Waals surface area (Å²) in [5.74, 6) is 0. The van der Waals surface area contributed by atoms with Crippen molar-refractivity contribution in [3.8, 4) is 0 Å². The van der Waals surface area contributed by atoms with Crippen molar-refractivity contribution in [2.24, 2.45) is 11.1 Å². The number of rotatable bonds is 0. The molecule has 16 heavy (non-hydrogen) atoms. The Hall–Kier alpha value is -0.620. The molecule has 0 amide bonds. The minimum Gasteiger partial charge on any atom is -0.323 e. The van der Waals surface area contributed by atoms with Crippen LogP contribution in [-0.4, -0.2) is 4.98 Å². The van der Waals surface area contributed by atoms with Crippen LogP contribution in [0.4, 0.5) is 13.2 Å². The monoisotopic (exact) mass is 250 g/mol. The van der Waals surface area contributed by atoms with E-state index in [1.807, 2.05) is 13.8 Å². The zero-order chi connectivity index (χ0) is 12.1. The Morgan fingerprint density at radius 1 is 1.44 bits per heavy atom. The predicted octanol–water partition coefficient (Wildman–Crippen LogP) is 3.13. The second-order valence-electron chi connectivity index (χ2n) is 4.98. The molecule has 2 rings (SSSR count). The molecule has 1 aromatic rings. The van der Waals surface area contributed by atoms with Crippen LogP contribution in [0.1, 0.15) is 41.9 Å². The Kier molecular flexibility index (Phi) is 2.54. The summed E-state index contributed by atoms with van der Waals surface area (Å²) in [4.78, 5) is 4.28. The van der Waals surface area contributed by atoms with Gasteiger partial charge in [0.15, 0.2) is 5.01 Å². The van der Waals surface area contributed by atoms with Gasteiger partial charge in [-0.05, 0) is 18.3 Å². The minimum absolute atomic E-state index is 0.0661. The molecular weight excluding hydrogens is 237 g/mol. The lowest BCUT2D eigenvalue weighted by Gasteiger charge is -2.32. The van der Waals surface area contributed by atoms with E-state index in [1.165, 1.54) is 0 Å². The lowest BCUT2D eigenvalue weighted by atomic mass is 9.77. The first kappa shape index (κ1) is 11.9. The highest BCUT2D eigenvalue weighted by Crippen LogP contribution is 2.44. The van der Waals surface area contributed by atoms with Gasteiger partial charge >= 0.3 is 6.18 Å². The number of hydrogen-bond acceptors (Lipinski definition) is 3. The highest BCUT2D eigenvalue weighted by atomic mass is 32.1. The van der Waals surface area contributed by atoms with Crippen LogP contribution in [0.3, 0.4) is 0 Å². The van der Waals surface area contributed by atoms with E-state index in [-0.39, 0.29) is 11.5 Å². The van der Waals surface area contributed by atoms with Crippen molar-refractivity contribution >= 4 is 11.3 Å². The van der Waals surface area contributed by atoms with Crippen molar-refractivity contribution in [3.63, 3.8) is 0 Å². The van der Waals surface area contributed by atoms with Crippen LogP contribution < -0.4 is 5.73 Å². The lowest BCUT2D eigenvalue weighted by Crippen LogP contribution is -2.28. The van der Waals surface area contributed by atoms with Gasteiger partial charge in [-0.25, -0.2) is 4.98 Å². The fraction of sp³-hybridized carbons (Fsp3) is 0.700. The Bertz CT molecular complexity index is 409. The number of thiazole rings is 1. The topological polar surface area (TPSA) is 38.9 Å². The van der Waals surface area contributed by atoms with Crippen molar-refractivity contribution in [1.82, 2.24) is 4.98 Å². The second-order valence-corrected chi connectivity index (χ2v) is 6.01. The van der Waals surface area contributed by atoms with Gasteiger partial charge in [-0.1, -0.05) is 13.8 Å². The van der Waals surface area contributed by atoms with Crippen LogP contribution in [0, 0.1) is 5.41 Å². The first-order valence-corrected chi connectivity index (χ1v) is 5.83. The number of fused-ring (bicyclic) bond motifs is 1. The molecule has 1 heterocycles. The zero-order valence-corrected chi connectivity index (χ0v) is 9.87. The van der Waals surface area contributed by atoms with Crippen molar-refractivity contribution < 1.29 is 13.2 Å². The highest BCUT2D eigenvalue weighted by molar-refractivity contribution is 7.12. The van der Waals surface area contributed by atoms with Crippen molar-refractivity contribution in [1.29, 1.82) is 0 Å². The number of aromatic nitrogens is 1. The lowest BCUT2D eigenvalue weighted by molar-refractivity contribution is -0.137. The first-order valence-electron chi connectivity index (χ1n) is 5.01. The zero-order valence-electron chi connectivity index (χ0n) is 9.06. The summed E-state index contributed by atoms with van der Waals surface area (Å²) < 4.78 is 37.5. The molecule has 2 nitrogen and oxygen atoms in total. The quantitative estimate of drug-likeness (QED) is 0.768. The largest absolute Gasteiger partial charge is 0.443 e. The van der Waals surface area contributed by atoms with Gasteiger partial charge in [0, 0.05) is 10.9 Å². The van der Waals surface area contributed by atoms with Crippen molar-refractivity contribution in [2.45, 2.75) is 38.9 Å². The van der Waals surface area contributed by atoms with Gasteiger partial charge < -0.3 is 5.73 Å². The van der Waals surface area contributed by atoms with Crippen LogP contribution in [0.5, 0.6) is 0 Å². The normalized spacial score (nSPS) is 24.2. The second kappa shape index (κ2) is 3.43. The maximum atomic E-state index is 12.5.